The second-order valence-corrected chi connectivity index (χ2v) is 4.49. The third-order valence-corrected chi connectivity index (χ3v) is 3.02. The maximum Gasteiger partial charge on any atom is 0.266 e. The number of methoxy groups -OCH3 is 1. The van der Waals surface area contributed by atoms with Gasteiger partial charge in [-0.15, -0.1) is 0 Å². The van der Waals surface area contributed by atoms with Gasteiger partial charge in [0.15, 0.2) is 17.3 Å². The number of aromatic nitrogens is 3. The van der Waals surface area contributed by atoms with Crippen molar-refractivity contribution in [2.75, 3.05) is 12.5 Å². The molecular weight excluding hydrogens is 270 g/mol. The molecule has 3 aromatic rings. The van der Waals surface area contributed by atoms with Crippen LogP contribution in [0.15, 0.2) is 36.8 Å². The molecule has 0 aliphatic heterocycles. The Balaban J connectivity index is 2.07. The van der Waals surface area contributed by atoms with E-state index in [-0.39, 0.29) is 0 Å². The van der Waals surface area contributed by atoms with Crippen LogP contribution in [0, 0.1) is 6.92 Å². The van der Waals surface area contributed by atoms with Crippen LogP contribution >= 0.6 is 0 Å². The molecule has 0 bridgehead atoms. The second kappa shape index (κ2) is 5.29. The molecular formula is C14H15N5O2. The number of nitrogens with two attached hydrogens (primary N) is 1. The van der Waals surface area contributed by atoms with Crippen LogP contribution in [-0.4, -0.2) is 21.5 Å². The zero-order valence-electron chi connectivity index (χ0n) is 11.7. The first-order valence-electron chi connectivity index (χ1n) is 6.34. The topological polar surface area (TPSA) is 86.7 Å². The summed E-state index contributed by atoms with van der Waals surface area (Å²) in [6.45, 7) is 1.98. The smallest absolute Gasteiger partial charge is 0.266 e. The lowest BCUT2D eigenvalue weighted by molar-refractivity contribution is 0.375. The maximum atomic E-state index is 5.85. The van der Waals surface area contributed by atoms with Crippen molar-refractivity contribution in [2.24, 2.45) is 5.84 Å². The lowest BCUT2D eigenvalue weighted by Crippen LogP contribution is -2.10. The number of nitrogens with one attached hydrogen (secondary N) is 1. The Morgan fingerprint density at radius 2 is 2.14 bits per heavy atom. The maximum absolute atomic E-state index is 5.85. The van der Waals surface area contributed by atoms with Crippen LogP contribution in [0.1, 0.15) is 5.56 Å². The number of hydrogen-bond donors (Lipinski definition) is 2. The molecule has 0 saturated carbocycles. The number of fused-ring (bicyclic) bond motifs is 1. The zero-order chi connectivity index (χ0) is 14.8. The van der Waals surface area contributed by atoms with E-state index < -0.39 is 0 Å². The molecule has 0 saturated heterocycles. The van der Waals surface area contributed by atoms with E-state index in [0.29, 0.717) is 28.8 Å². The van der Waals surface area contributed by atoms with Crippen LogP contribution in [0.3, 0.4) is 0 Å². The summed E-state index contributed by atoms with van der Waals surface area (Å²) in [6, 6.07) is 5.66. The first kappa shape index (κ1) is 13.2. The van der Waals surface area contributed by atoms with Crippen LogP contribution < -0.4 is 20.7 Å². The lowest BCUT2D eigenvalue weighted by atomic mass is 10.2. The quantitative estimate of drug-likeness (QED) is 0.564. The van der Waals surface area contributed by atoms with Crippen molar-refractivity contribution >= 4 is 11.5 Å². The van der Waals surface area contributed by atoms with Crippen LogP contribution in [0.5, 0.6) is 17.4 Å². The van der Waals surface area contributed by atoms with E-state index in [9.17, 15) is 0 Å². The Morgan fingerprint density at radius 1 is 1.29 bits per heavy atom. The summed E-state index contributed by atoms with van der Waals surface area (Å²) in [5, 5.41) is 0. The Kier molecular flexibility index (Phi) is 3.33. The highest BCUT2D eigenvalue weighted by molar-refractivity contribution is 5.56. The number of nitrogen functional groups attached to an aromatic ring is 1. The normalized spacial score (nSPS) is 10.6. The summed E-state index contributed by atoms with van der Waals surface area (Å²) in [7, 11) is 1.60. The fraction of sp³-hybridized carbons (Fsp3) is 0.143. The van der Waals surface area contributed by atoms with Gasteiger partial charge in [0.2, 0.25) is 5.65 Å². The number of aryl methyl sites for hydroxylation is 1. The second-order valence-electron chi connectivity index (χ2n) is 4.49. The Bertz CT molecular complexity index is 784. The van der Waals surface area contributed by atoms with Crippen LogP contribution in [0.4, 0.5) is 5.82 Å². The van der Waals surface area contributed by atoms with Crippen molar-refractivity contribution in [1.29, 1.82) is 0 Å². The Morgan fingerprint density at radius 3 is 2.90 bits per heavy atom. The summed E-state index contributed by atoms with van der Waals surface area (Å²) in [5.74, 6) is 7.44. The lowest BCUT2D eigenvalue weighted by Gasteiger charge is -2.11. The molecule has 0 spiro atoms. The molecule has 0 aliphatic carbocycles. The van der Waals surface area contributed by atoms with Gasteiger partial charge >= 0.3 is 0 Å². The summed E-state index contributed by atoms with van der Waals surface area (Å²) in [5.41, 5.74) is 4.18. The van der Waals surface area contributed by atoms with E-state index in [2.05, 4.69) is 15.4 Å². The SMILES string of the molecule is COc1cc(C)ccc1Oc1nc(NN)cn2ccnc12. The number of imidazole rings is 1. The molecule has 0 fully saturated rings. The first-order chi connectivity index (χ1) is 10.2. The molecule has 0 radical (unpaired) electrons. The molecule has 0 aliphatic rings. The van der Waals surface area contributed by atoms with Crippen molar-refractivity contribution in [3.05, 3.63) is 42.4 Å². The Labute approximate surface area is 121 Å². The molecule has 0 amide bonds. The number of nitrogens with zero attached hydrogens (tertiary/aromatic N) is 3. The van der Waals surface area contributed by atoms with Gasteiger partial charge in [-0.3, -0.25) is 4.40 Å². The van der Waals surface area contributed by atoms with Gasteiger partial charge in [-0.1, -0.05) is 6.07 Å². The monoisotopic (exact) mass is 285 g/mol. The summed E-state index contributed by atoms with van der Waals surface area (Å²) in [6.07, 6.45) is 5.18. The average Bonchev–Trinajstić information content (AvgIpc) is 2.97. The van der Waals surface area contributed by atoms with E-state index in [1.165, 1.54) is 0 Å². The van der Waals surface area contributed by atoms with Gasteiger partial charge in [-0.2, -0.15) is 4.98 Å². The van der Waals surface area contributed by atoms with Gasteiger partial charge in [0.25, 0.3) is 5.88 Å². The standard InChI is InChI=1S/C14H15N5O2/c1-9-3-4-10(11(7-9)20-2)21-14-13-16-5-6-19(13)8-12(17-14)18-15/h3-8,18H,15H2,1-2H3. The van der Waals surface area contributed by atoms with Gasteiger partial charge < -0.3 is 14.9 Å². The highest BCUT2D eigenvalue weighted by Gasteiger charge is 2.12. The van der Waals surface area contributed by atoms with Crippen LogP contribution in [0.2, 0.25) is 0 Å². The number of hydrazine groups is 1. The molecule has 0 unspecified atom stereocenters. The largest absolute Gasteiger partial charge is 0.493 e. The molecule has 108 valence electrons. The molecule has 2 heterocycles. The van der Waals surface area contributed by atoms with Gasteiger partial charge in [-0.25, -0.2) is 10.8 Å². The molecule has 0 atom stereocenters. The highest BCUT2D eigenvalue weighted by atomic mass is 16.5. The first-order valence-corrected chi connectivity index (χ1v) is 6.34. The average molecular weight is 285 g/mol. The van der Waals surface area contributed by atoms with E-state index in [0.717, 1.165) is 5.56 Å². The predicted molar refractivity (Wildman–Crippen MR) is 78.6 cm³/mol. The zero-order valence-corrected chi connectivity index (χ0v) is 11.7. The van der Waals surface area contributed by atoms with Crippen LogP contribution in [0.25, 0.3) is 5.65 Å². The van der Waals surface area contributed by atoms with Crippen molar-refractivity contribution in [3.8, 4) is 17.4 Å². The summed E-state index contributed by atoms with van der Waals surface area (Å²) < 4.78 is 13.0. The Hall–Kier alpha value is -2.80. The third kappa shape index (κ3) is 2.46. The molecule has 1 aromatic carbocycles. The number of benzene rings is 1. The third-order valence-electron chi connectivity index (χ3n) is 3.02. The van der Waals surface area contributed by atoms with E-state index in [4.69, 9.17) is 15.3 Å². The van der Waals surface area contributed by atoms with Crippen molar-refractivity contribution < 1.29 is 9.47 Å². The number of ether oxygens (including phenoxy) is 2. The van der Waals surface area contributed by atoms with Gasteiger partial charge in [0, 0.05) is 12.4 Å². The molecule has 2 aromatic heterocycles. The highest BCUT2D eigenvalue weighted by Crippen LogP contribution is 2.33. The van der Waals surface area contributed by atoms with Crippen molar-refractivity contribution in [2.45, 2.75) is 6.92 Å². The van der Waals surface area contributed by atoms with Gasteiger partial charge in [0.05, 0.1) is 13.3 Å². The van der Waals surface area contributed by atoms with E-state index >= 15 is 0 Å². The van der Waals surface area contributed by atoms with E-state index in [1.54, 1.807) is 30.1 Å². The minimum absolute atomic E-state index is 0.345. The summed E-state index contributed by atoms with van der Waals surface area (Å²) in [4.78, 5) is 8.52. The molecule has 3 N–H and O–H groups in total. The summed E-state index contributed by atoms with van der Waals surface area (Å²) >= 11 is 0. The minimum Gasteiger partial charge on any atom is -0.493 e. The number of anilines is 1. The number of rotatable bonds is 4. The van der Waals surface area contributed by atoms with Crippen molar-refractivity contribution in [3.63, 3.8) is 0 Å². The fourth-order valence-corrected chi connectivity index (χ4v) is 2.00. The molecule has 21 heavy (non-hydrogen) atoms. The molecule has 3 rings (SSSR count). The fourth-order valence-electron chi connectivity index (χ4n) is 2.00. The molecule has 7 nitrogen and oxygen atoms in total. The van der Waals surface area contributed by atoms with Crippen LogP contribution in [-0.2, 0) is 0 Å². The molecule has 7 heteroatoms. The minimum atomic E-state index is 0.345. The van der Waals surface area contributed by atoms with Gasteiger partial charge in [-0.05, 0) is 24.6 Å². The number of hydrogen-bond acceptors (Lipinski definition) is 6. The predicted octanol–water partition coefficient (Wildman–Crippen LogP) is 2.12. The van der Waals surface area contributed by atoms with Gasteiger partial charge in [0.1, 0.15) is 0 Å². The van der Waals surface area contributed by atoms with E-state index in [1.807, 2.05) is 25.1 Å². The van der Waals surface area contributed by atoms with Crippen molar-refractivity contribution in [1.82, 2.24) is 14.4 Å².